The molecule has 0 spiro atoms. The Balaban J connectivity index is 2.70. The first-order valence-corrected chi connectivity index (χ1v) is 6.62. The standard InChI is InChI=1S/C14H15BrN2O2/c1-3-11(14(18)19-2)6-7-17-13-5-4-10(9-16)8-12(13)15/h4-6,8,17H,3,7H2,1-2H3/b11-6-. The molecule has 1 N–H and O–H groups in total. The molecule has 1 aromatic rings. The number of carbonyl (C=O) groups is 1. The van der Waals surface area contributed by atoms with Gasteiger partial charge in [-0.2, -0.15) is 5.26 Å². The monoisotopic (exact) mass is 322 g/mol. The second-order valence-electron chi connectivity index (χ2n) is 3.76. The Morgan fingerprint density at radius 3 is 2.84 bits per heavy atom. The zero-order valence-electron chi connectivity index (χ0n) is 10.9. The number of halogens is 1. The molecule has 1 aromatic carbocycles. The van der Waals surface area contributed by atoms with Crippen molar-refractivity contribution < 1.29 is 9.53 Å². The maximum absolute atomic E-state index is 11.4. The number of nitrogens with zero attached hydrogens (tertiary/aromatic N) is 1. The van der Waals surface area contributed by atoms with Crippen LogP contribution >= 0.6 is 15.9 Å². The summed E-state index contributed by atoms with van der Waals surface area (Å²) in [5.41, 5.74) is 2.10. The number of hydrogen-bond acceptors (Lipinski definition) is 4. The predicted octanol–water partition coefficient (Wildman–Crippen LogP) is 3.24. The molecule has 0 atom stereocenters. The molecule has 0 aliphatic carbocycles. The summed E-state index contributed by atoms with van der Waals surface area (Å²) in [7, 11) is 1.37. The molecule has 0 aromatic heterocycles. The van der Waals surface area contributed by atoms with E-state index in [0.717, 1.165) is 10.2 Å². The first-order valence-electron chi connectivity index (χ1n) is 5.83. The number of nitrogens with one attached hydrogen (secondary N) is 1. The molecule has 0 radical (unpaired) electrons. The van der Waals surface area contributed by atoms with E-state index in [1.807, 2.05) is 13.0 Å². The van der Waals surface area contributed by atoms with Crippen molar-refractivity contribution in [2.45, 2.75) is 13.3 Å². The molecular formula is C14H15BrN2O2. The van der Waals surface area contributed by atoms with Gasteiger partial charge in [-0.3, -0.25) is 0 Å². The van der Waals surface area contributed by atoms with E-state index >= 15 is 0 Å². The number of benzene rings is 1. The molecule has 19 heavy (non-hydrogen) atoms. The van der Waals surface area contributed by atoms with Crippen LogP contribution in [0.1, 0.15) is 18.9 Å². The zero-order valence-corrected chi connectivity index (χ0v) is 12.5. The molecule has 0 saturated carbocycles. The van der Waals surface area contributed by atoms with Gasteiger partial charge in [-0.15, -0.1) is 0 Å². The summed E-state index contributed by atoms with van der Waals surface area (Å²) in [5.74, 6) is -0.303. The molecule has 0 amide bonds. The average Bonchev–Trinajstić information content (AvgIpc) is 2.44. The van der Waals surface area contributed by atoms with Crippen molar-refractivity contribution in [3.8, 4) is 6.07 Å². The van der Waals surface area contributed by atoms with Crippen LogP contribution in [0.5, 0.6) is 0 Å². The number of methoxy groups -OCH3 is 1. The number of ether oxygens (including phenoxy) is 1. The van der Waals surface area contributed by atoms with Gasteiger partial charge in [0.15, 0.2) is 0 Å². The van der Waals surface area contributed by atoms with Gasteiger partial charge in [0.25, 0.3) is 0 Å². The lowest BCUT2D eigenvalue weighted by molar-refractivity contribution is -0.136. The minimum Gasteiger partial charge on any atom is -0.466 e. The highest BCUT2D eigenvalue weighted by Gasteiger charge is 2.06. The first kappa shape index (κ1) is 15.3. The van der Waals surface area contributed by atoms with Crippen LogP contribution in [0.4, 0.5) is 5.69 Å². The zero-order chi connectivity index (χ0) is 14.3. The molecular weight excluding hydrogens is 308 g/mol. The molecule has 0 aliphatic rings. The van der Waals surface area contributed by atoms with E-state index in [2.05, 4.69) is 32.1 Å². The van der Waals surface area contributed by atoms with Crippen molar-refractivity contribution in [2.24, 2.45) is 0 Å². The van der Waals surface area contributed by atoms with Gasteiger partial charge in [-0.1, -0.05) is 13.0 Å². The van der Waals surface area contributed by atoms with E-state index in [-0.39, 0.29) is 5.97 Å². The number of hydrogen-bond donors (Lipinski definition) is 1. The van der Waals surface area contributed by atoms with Gasteiger partial charge in [-0.05, 0) is 40.5 Å². The number of rotatable bonds is 5. The Morgan fingerprint density at radius 1 is 1.58 bits per heavy atom. The van der Waals surface area contributed by atoms with Crippen molar-refractivity contribution in [1.29, 1.82) is 5.26 Å². The van der Waals surface area contributed by atoms with E-state index in [1.165, 1.54) is 7.11 Å². The molecule has 100 valence electrons. The lowest BCUT2D eigenvalue weighted by Crippen LogP contribution is -2.07. The van der Waals surface area contributed by atoms with E-state index in [1.54, 1.807) is 18.2 Å². The quantitative estimate of drug-likeness (QED) is 0.667. The molecule has 5 heteroatoms. The second-order valence-corrected chi connectivity index (χ2v) is 4.62. The lowest BCUT2D eigenvalue weighted by atomic mass is 10.2. The summed E-state index contributed by atoms with van der Waals surface area (Å²) in [6.07, 6.45) is 2.43. The Kier molecular flexibility index (Phi) is 6.10. The number of carbonyl (C=O) groups excluding carboxylic acids is 1. The average molecular weight is 323 g/mol. The number of anilines is 1. The first-order chi connectivity index (χ1) is 9.12. The van der Waals surface area contributed by atoms with Crippen LogP contribution in [0.25, 0.3) is 0 Å². The van der Waals surface area contributed by atoms with E-state index in [9.17, 15) is 4.79 Å². The summed E-state index contributed by atoms with van der Waals surface area (Å²) in [5, 5.41) is 11.9. The van der Waals surface area contributed by atoms with Gasteiger partial charge < -0.3 is 10.1 Å². The normalized spacial score (nSPS) is 10.7. The van der Waals surface area contributed by atoms with Gasteiger partial charge >= 0.3 is 5.97 Å². The van der Waals surface area contributed by atoms with Crippen molar-refractivity contribution in [2.75, 3.05) is 19.0 Å². The fourth-order valence-electron chi connectivity index (χ4n) is 1.52. The Morgan fingerprint density at radius 2 is 2.32 bits per heavy atom. The predicted molar refractivity (Wildman–Crippen MR) is 77.7 cm³/mol. The lowest BCUT2D eigenvalue weighted by Gasteiger charge is -2.07. The number of esters is 1. The second kappa shape index (κ2) is 7.59. The highest BCUT2D eigenvalue weighted by Crippen LogP contribution is 2.23. The Bertz CT molecular complexity index is 533. The molecule has 0 fully saturated rings. The molecule has 0 heterocycles. The van der Waals surface area contributed by atoms with E-state index in [4.69, 9.17) is 5.26 Å². The van der Waals surface area contributed by atoms with Crippen molar-refractivity contribution in [3.63, 3.8) is 0 Å². The Labute approximate surface area is 121 Å². The molecule has 0 aliphatic heterocycles. The SMILES string of the molecule is CC/C(=C/CNc1ccc(C#N)cc1Br)C(=O)OC. The maximum atomic E-state index is 11.4. The van der Waals surface area contributed by atoms with Crippen LogP contribution < -0.4 is 5.32 Å². The minimum absolute atomic E-state index is 0.303. The van der Waals surface area contributed by atoms with Crippen molar-refractivity contribution >= 4 is 27.6 Å². The maximum Gasteiger partial charge on any atom is 0.333 e. The highest BCUT2D eigenvalue weighted by atomic mass is 79.9. The van der Waals surface area contributed by atoms with Gasteiger partial charge in [-0.25, -0.2) is 4.79 Å². The third-order valence-electron chi connectivity index (χ3n) is 2.57. The molecule has 0 bridgehead atoms. The van der Waals surface area contributed by atoms with Gasteiger partial charge in [0.1, 0.15) is 0 Å². The van der Waals surface area contributed by atoms with Crippen molar-refractivity contribution in [3.05, 3.63) is 39.9 Å². The fourth-order valence-corrected chi connectivity index (χ4v) is 2.03. The largest absolute Gasteiger partial charge is 0.466 e. The summed E-state index contributed by atoms with van der Waals surface area (Å²) in [6.45, 7) is 2.42. The minimum atomic E-state index is -0.303. The number of nitriles is 1. The van der Waals surface area contributed by atoms with Crippen LogP contribution in [0.3, 0.4) is 0 Å². The summed E-state index contributed by atoms with van der Waals surface area (Å²) in [6, 6.07) is 7.37. The topological polar surface area (TPSA) is 62.1 Å². The van der Waals surface area contributed by atoms with Gasteiger partial charge in [0.05, 0.1) is 18.7 Å². The van der Waals surface area contributed by atoms with E-state index in [0.29, 0.717) is 24.1 Å². The summed E-state index contributed by atoms with van der Waals surface area (Å²) < 4.78 is 5.50. The third-order valence-corrected chi connectivity index (χ3v) is 3.22. The fraction of sp³-hybridized carbons (Fsp3) is 0.286. The molecule has 0 unspecified atom stereocenters. The highest BCUT2D eigenvalue weighted by molar-refractivity contribution is 9.10. The smallest absolute Gasteiger partial charge is 0.333 e. The van der Waals surface area contributed by atoms with Crippen LogP contribution in [-0.4, -0.2) is 19.6 Å². The van der Waals surface area contributed by atoms with E-state index < -0.39 is 0 Å². The summed E-state index contributed by atoms with van der Waals surface area (Å²) in [4.78, 5) is 11.4. The third kappa shape index (κ3) is 4.42. The van der Waals surface area contributed by atoms with Gasteiger partial charge in [0.2, 0.25) is 0 Å². The van der Waals surface area contributed by atoms with Crippen LogP contribution in [0, 0.1) is 11.3 Å². The molecule has 1 rings (SSSR count). The van der Waals surface area contributed by atoms with Gasteiger partial charge in [0, 0.05) is 22.3 Å². The van der Waals surface area contributed by atoms with Crippen LogP contribution in [0.2, 0.25) is 0 Å². The molecule has 4 nitrogen and oxygen atoms in total. The Hall–Kier alpha value is -1.80. The van der Waals surface area contributed by atoms with Crippen molar-refractivity contribution in [1.82, 2.24) is 0 Å². The summed E-state index contributed by atoms with van der Waals surface area (Å²) >= 11 is 3.39. The molecule has 0 saturated heterocycles. The van der Waals surface area contributed by atoms with Crippen LogP contribution in [-0.2, 0) is 9.53 Å². The van der Waals surface area contributed by atoms with Crippen LogP contribution in [0.15, 0.2) is 34.3 Å².